The molecule has 0 heterocycles. The standard InChI is InChI=1S/C25H42N8O2/c1-25(2,3)35-24(34)30-14-23-33(21-8-19-31(15-4-10-26)16-5-11-27)22-9-20-32(17-6-12-28)18-7-13-29/h4-9,14-23H2,1-3H3,(H,30,34). The van der Waals surface area contributed by atoms with Gasteiger partial charge in [-0.05, 0) is 59.8 Å². The molecule has 0 bridgehead atoms. The minimum Gasteiger partial charge on any atom is -0.444 e. The van der Waals surface area contributed by atoms with Crippen LogP contribution in [0, 0.1) is 45.3 Å². The fourth-order valence-corrected chi connectivity index (χ4v) is 3.50. The number of nitriles is 4. The summed E-state index contributed by atoms with van der Waals surface area (Å²) in [5, 5.41) is 38.3. The third-order valence-electron chi connectivity index (χ3n) is 5.15. The lowest BCUT2D eigenvalue weighted by molar-refractivity contribution is 0.0521. The van der Waals surface area contributed by atoms with E-state index in [0.29, 0.717) is 65.0 Å². The molecule has 0 aliphatic heterocycles. The Kier molecular flexibility index (Phi) is 18.8. The Balaban J connectivity index is 4.80. The molecule has 35 heavy (non-hydrogen) atoms. The van der Waals surface area contributed by atoms with E-state index in [2.05, 4.69) is 44.3 Å². The number of nitrogens with one attached hydrogen (secondary N) is 1. The van der Waals surface area contributed by atoms with Gasteiger partial charge in [0.2, 0.25) is 0 Å². The molecule has 0 aromatic heterocycles. The van der Waals surface area contributed by atoms with Crippen LogP contribution < -0.4 is 5.32 Å². The van der Waals surface area contributed by atoms with Gasteiger partial charge >= 0.3 is 6.09 Å². The van der Waals surface area contributed by atoms with E-state index in [9.17, 15) is 4.79 Å². The monoisotopic (exact) mass is 486 g/mol. The molecule has 10 nitrogen and oxygen atoms in total. The van der Waals surface area contributed by atoms with Gasteiger partial charge in [-0.1, -0.05) is 0 Å². The number of hydrogen-bond acceptors (Lipinski definition) is 9. The van der Waals surface area contributed by atoms with Crippen molar-refractivity contribution >= 4 is 6.09 Å². The summed E-state index contributed by atoms with van der Waals surface area (Å²) in [4.78, 5) is 18.6. The third kappa shape index (κ3) is 20.2. The van der Waals surface area contributed by atoms with Gasteiger partial charge in [0, 0.05) is 65.0 Å². The fourth-order valence-electron chi connectivity index (χ4n) is 3.50. The zero-order valence-electron chi connectivity index (χ0n) is 21.8. The first-order valence-corrected chi connectivity index (χ1v) is 12.4. The molecule has 0 aromatic rings. The molecule has 194 valence electrons. The molecule has 0 saturated carbocycles. The predicted octanol–water partition coefficient (Wildman–Crippen LogP) is 2.85. The molecular weight excluding hydrogens is 444 g/mol. The summed E-state index contributed by atoms with van der Waals surface area (Å²) in [5.74, 6) is 0. The first-order chi connectivity index (χ1) is 16.8. The van der Waals surface area contributed by atoms with Crippen LogP contribution in [0.25, 0.3) is 0 Å². The first kappa shape index (κ1) is 32.1. The highest BCUT2D eigenvalue weighted by Gasteiger charge is 2.16. The summed E-state index contributed by atoms with van der Waals surface area (Å²) in [7, 11) is 0. The summed E-state index contributed by atoms with van der Waals surface area (Å²) >= 11 is 0. The van der Waals surface area contributed by atoms with Crippen molar-refractivity contribution in [2.24, 2.45) is 0 Å². The van der Waals surface area contributed by atoms with E-state index in [-0.39, 0.29) is 0 Å². The largest absolute Gasteiger partial charge is 0.444 e. The summed E-state index contributed by atoms with van der Waals surface area (Å²) in [6.45, 7) is 12.5. The fraction of sp³-hybridized carbons (Fsp3) is 0.800. The molecule has 0 spiro atoms. The zero-order chi connectivity index (χ0) is 26.4. The smallest absolute Gasteiger partial charge is 0.407 e. The number of amides is 1. The number of carbonyl (C=O) groups excluding carboxylic acids is 1. The number of carbonyl (C=O) groups is 1. The average Bonchev–Trinajstić information content (AvgIpc) is 2.80. The second-order valence-electron chi connectivity index (χ2n) is 9.29. The zero-order valence-corrected chi connectivity index (χ0v) is 21.8. The van der Waals surface area contributed by atoms with Gasteiger partial charge in [0.1, 0.15) is 5.60 Å². The Labute approximate surface area is 211 Å². The summed E-state index contributed by atoms with van der Waals surface area (Å²) < 4.78 is 5.31. The highest BCUT2D eigenvalue weighted by molar-refractivity contribution is 5.67. The lowest BCUT2D eigenvalue weighted by atomic mass is 10.2. The molecule has 0 atom stereocenters. The van der Waals surface area contributed by atoms with Gasteiger partial charge in [-0.25, -0.2) is 4.79 Å². The Morgan fingerprint density at radius 2 is 1.00 bits per heavy atom. The van der Waals surface area contributed by atoms with E-state index in [1.165, 1.54) is 0 Å². The van der Waals surface area contributed by atoms with Crippen LogP contribution in [-0.4, -0.2) is 91.8 Å². The van der Waals surface area contributed by atoms with Crippen molar-refractivity contribution < 1.29 is 9.53 Å². The Morgan fingerprint density at radius 1 is 0.657 bits per heavy atom. The van der Waals surface area contributed by atoms with E-state index in [1.54, 1.807) is 0 Å². The number of nitrogens with zero attached hydrogens (tertiary/aromatic N) is 7. The van der Waals surface area contributed by atoms with Crippen LogP contribution in [-0.2, 0) is 4.74 Å². The molecule has 0 unspecified atom stereocenters. The molecule has 10 heteroatoms. The second kappa shape index (κ2) is 20.5. The van der Waals surface area contributed by atoms with Gasteiger partial charge in [-0.2, -0.15) is 21.0 Å². The van der Waals surface area contributed by atoms with Crippen molar-refractivity contribution in [3.63, 3.8) is 0 Å². The van der Waals surface area contributed by atoms with Crippen LogP contribution in [0.1, 0.15) is 59.3 Å². The molecule has 0 saturated heterocycles. The summed E-state index contributed by atoms with van der Waals surface area (Å²) in [6.07, 6.45) is 3.10. The van der Waals surface area contributed by atoms with Gasteiger partial charge in [0.05, 0.1) is 24.3 Å². The third-order valence-corrected chi connectivity index (χ3v) is 5.15. The van der Waals surface area contributed by atoms with Gasteiger partial charge < -0.3 is 24.8 Å². The van der Waals surface area contributed by atoms with Crippen molar-refractivity contribution in [3.8, 4) is 24.3 Å². The van der Waals surface area contributed by atoms with Crippen molar-refractivity contribution in [2.45, 2.75) is 64.9 Å². The first-order valence-electron chi connectivity index (χ1n) is 12.4. The second-order valence-corrected chi connectivity index (χ2v) is 9.29. The summed E-state index contributed by atoms with van der Waals surface area (Å²) in [5.41, 5.74) is -0.545. The molecule has 0 aliphatic carbocycles. The van der Waals surface area contributed by atoms with Gasteiger partial charge in [-0.3, -0.25) is 0 Å². The summed E-state index contributed by atoms with van der Waals surface area (Å²) in [6, 6.07) is 8.66. The molecule has 0 aliphatic rings. The van der Waals surface area contributed by atoms with Crippen LogP contribution in [0.3, 0.4) is 0 Å². The molecule has 1 N–H and O–H groups in total. The number of ether oxygens (including phenoxy) is 1. The van der Waals surface area contributed by atoms with Crippen LogP contribution in [0.5, 0.6) is 0 Å². The molecule has 0 fully saturated rings. The maximum atomic E-state index is 12.0. The van der Waals surface area contributed by atoms with Crippen LogP contribution in [0.4, 0.5) is 4.79 Å². The van der Waals surface area contributed by atoms with Gasteiger partial charge in [-0.15, -0.1) is 0 Å². The molecule has 0 aromatic carbocycles. The van der Waals surface area contributed by atoms with E-state index in [4.69, 9.17) is 25.8 Å². The average molecular weight is 487 g/mol. The van der Waals surface area contributed by atoms with Crippen LogP contribution in [0.15, 0.2) is 0 Å². The van der Waals surface area contributed by atoms with E-state index in [0.717, 1.165) is 39.0 Å². The quantitative estimate of drug-likeness (QED) is 0.291. The molecule has 0 rings (SSSR count). The minimum atomic E-state index is -0.545. The van der Waals surface area contributed by atoms with Crippen molar-refractivity contribution in [1.29, 1.82) is 21.0 Å². The van der Waals surface area contributed by atoms with E-state index < -0.39 is 11.7 Å². The maximum Gasteiger partial charge on any atom is 0.407 e. The van der Waals surface area contributed by atoms with Crippen LogP contribution >= 0.6 is 0 Å². The SMILES string of the molecule is CC(C)(C)OC(=O)NCCN(CCCN(CCC#N)CCC#N)CCCN(CCC#N)CCC#N. The molecule has 1 amide bonds. The predicted molar refractivity (Wildman–Crippen MR) is 134 cm³/mol. The highest BCUT2D eigenvalue weighted by Crippen LogP contribution is 2.06. The van der Waals surface area contributed by atoms with Crippen molar-refractivity contribution in [2.75, 3.05) is 65.4 Å². The Morgan fingerprint density at radius 3 is 1.31 bits per heavy atom. The lowest BCUT2D eigenvalue weighted by Crippen LogP contribution is -2.40. The van der Waals surface area contributed by atoms with Crippen LogP contribution in [0.2, 0.25) is 0 Å². The van der Waals surface area contributed by atoms with E-state index in [1.807, 2.05) is 20.8 Å². The number of alkyl carbamates (subject to hydrolysis) is 1. The van der Waals surface area contributed by atoms with Crippen molar-refractivity contribution in [3.05, 3.63) is 0 Å². The van der Waals surface area contributed by atoms with E-state index >= 15 is 0 Å². The Hall–Kier alpha value is -2.89. The Bertz CT molecular complexity index is 657. The molecular formula is C25H42N8O2. The normalized spacial score (nSPS) is 11.0. The highest BCUT2D eigenvalue weighted by atomic mass is 16.6. The minimum absolute atomic E-state index is 0.434. The van der Waals surface area contributed by atoms with Crippen molar-refractivity contribution in [1.82, 2.24) is 20.0 Å². The maximum absolute atomic E-state index is 12.0. The van der Waals surface area contributed by atoms with Gasteiger partial charge in [0.15, 0.2) is 0 Å². The number of rotatable bonds is 19. The molecule has 0 radical (unpaired) electrons. The lowest BCUT2D eigenvalue weighted by Gasteiger charge is -2.27. The topological polar surface area (TPSA) is 143 Å². The number of hydrogen-bond donors (Lipinski definition) is 1. The van der Waals surface area contributed by atoms with Gasteiger partial charge in [0.25, 0.3) is 0 Å².